The van der Waals surface area contributed by atoms with Gasteiger partial charge in [-0.05, 0) is 137 Å². The Morgan fingerprint density at radius 1 is 0.250 bits per heavy atom. The van der Waals surface area contributed by atoms with Crippen molar-refractivity contribution in [3.63, 3.8) is 0 Å². The van der Waals surface area contributed by atoms with E-state index in [1.807, 2.05) is 0 Å². The molecule has 0 saturated heterocycles. The van der Waals surface area contributed by atoms with E-state index in [9.17, 15) is 0 Å². The minimum absolute atomic E-state index is 1.19. The smallest absolute Gasteiger partial charge is 0.113 e. The number of para-hydroxylation sites is 4. The summed E-state index contributed by atoms with van der Waals surface area (Å²) in [5.74, 6) is 0. The molecule has 10 aromatic carbocycles. The van der Waals surface area contributed by atoms with Crippen LogP contribution in [0.5, 0.6) is 0 Å². The molecule has 2 aliphatic rings. The Bertz CT molecular complexity index is 3810. The lowest BCUT2D eigenvalue weighted by Crippen LogP contribution is -2.49. The van der Waals surface area contributed by atoms with Crippen LogP contribution in [-0.4, -0.2) is 25.3 Å². The van der Waals surface area contributed by atoms with Gasteiger partial charge in [-0.25, -0.2) is 0 Å². The number of nitrogens with zero attached hydrogens (tertiary/aromatic N) is 2. The average Bonchev–Trinajstić information content (AvgIpc) is 4.04. The van der Waals surface area contributed by atoms with Crippen molar-refractivity contribution >= 4 is 80.5 Å². The lowest BCUT2D eigenvalue weighted by molar-refractivity contribution is 1.18. The maximum atomic E-state index is 2.55. The van der Waals surface area contributed by atoms with Gasteiger partial charge in [-0.1, -0.05) is 184 Å². The summed E-state index contributed by atoms with van der Waals surface area (Å²) in [7, 11) is -4.06. The highest BCUT2D eigenvalue weighted by Gasteiger charge is 2.40. The molecule has 12 aromatic rings. The molecule has 0 fully saturated rings. The summed E-state index contributed by atoms with van der Waals surface area (Å²) in [6.45, 7) is 10.2. The molecule has 4 heteroatoms. The quantitative estimate of drug-likeness (QED) is 0.152. The number of rotatable bonds is 5. The molecule has 2 aromatic heterocycles. The summed E-state index contributed by atoms with van der Waals surface area (Å²) >= 11 is 0. The average molecular weight is 901 g/mol. The fourth-order valence-electron chi connectivity index (χ4n) is 12.2. The van der Waals surface area contributed by atoms with Gasteiger partial charge in [-0.15, -0.1) is 0 Å². The second-order valence-electron chi connectivity index (χ2n) is 20.1. The molecule has 0 N–H and O–H groups in total. The highest BCUT2D eigenvalue weighted by atomic mass is 28.3. The van der Waals surface area contributed by atoms with Crippen molar-refractivity contribution in [3.8, 4) is 67.0 Å². The van der Waals surface area contributed by atoms with Gasteiger partial charge in [0.1, 0.15) is 16.1 Å². The van der Waals surface area contributed by atoms with E-state index in [0.29, 0.717) is 0 Å². The number of hydrogen-bond acceptors (Lipinski definition) is 0. The zero-order valence-corrected chi connectivity index (χ0v) is 40.7. The molecule has 68 heavy (non-hydrogen) atoms. The molecular weight excluding hydrogens is 853 g/mol. The van der Waals surface area contributed by atoms with Crippen molar-refractivity contribution in [3.05, 3.63) is 218 Å². The largest absolute Gasteiger partial charge is 0.309 e. The van der Waals surface area contributed by atoms with Crippen LogP contribution in [0.1, 0.15) is 0 Å². The maximum Gasteiger partial charge on any atom is 0.113 e. The first kappa shape index (κ1) is 39.4. The second-order valence-corrected chi connectivity index (χ2v) is 28.8. The zero-order valence-electron chi connectivity index (χ0n) is 38.7. The summed E-state index contributed by atoms with van der Waals surface area (Å²) in [6, 6.07) is 82.4. The van der Waals surface area contributed by atoms with E-state index in [0.717, 1.165) is 0 Å². The van der Waals surface area contributed by atoms with Crippen molar-refractivity contribution in [1.29, 1.82) is 0 Å². The second kappa shape index (κ2) is 14.4. The van der Waals surface area contributed by atoms with Gasteiger partial charge in [0.15, 0.2) is 0 Å². The van der Waals surface area contributed by atoms with Crippen molar-refractivity contribution in [2.45, 2.75) is 26.2 Å². The van der Waals surface area contributed by atoms with Crippen molar-refractivity contribution in [2.24, 2.45) is 0 Å². The van der Waals surface area contributed by atoms with Crippen molar-refractivity contribution in [2.75, 3.05) is 0 Å². The van der Waals surface area contributed by atoms with Crippen LogP contribution in [0.15, 0.2) is 218 Å². The number of benzene rings is 10. The fourth-order valence-corrected chi connectivity index (χ4v) is 18.4. The molecule has 0 unspecified atom stereocenters. The third-order valence-electron chi connectivity index (χ3n) is 15.7. The molecule has 0 radical (unpaired) electrons. The molecule has 322 valence electrons. The van der Waals surface area contributed by atoms with Gasteiger partial charge in [0.25, 0.3) is 0 Å². The molecule has 2 nitrogen and oxygen atoms in total. The van der Waals surface area contributed by atoms with E-state index in [1.165, 1.54) is 131 Å². The third kappa shape index (κ3) is 5.62. The summed E-state index contributed by atoms with van der Waals surface area (Å²) in [5.41, 5.74) is 20.7. The molecule has 0 aliphatic carbocycles. The molecule has 2 aliphatic heterocycles. The topological polar surface area (TPSA) is 9.86 Å². The van der Waals surface area contributed by atoms with Crippen molar-refractivity contribution < 1.29 is 0 Å². The highest BCUT2D eigenvalue weighted by Crippen LogP contribution is 2.40. The minimum Gasteiger partial charge on any atom is -0.309 e. The molecule has 0 amide bonds. The van der Waals surface area contributed by atoms with E-state index < -0.39 is 16.1 Å². The lowest BCUT2D eigenvalue weighted by atomic mass is 9.96. The van der Waals surface area contributed by atoms with Crippen LogP contribution in [0.4, 0.5) is 0 Å². The maximum absolute atomic E-state index is 2.55. The van der Waals surface area contributed by atoms with E-state index in [2.05, 4.69) is 254 Å². The Morgan fingerprint density at radius 3 is 0.882 bits per heavy atom. The van der Waals surface area contributed by atoms with E-state index in [4.69, 9.17) is 0 Å². The molecule has 0 bridgehead atoms. The van der Waals surface area contributed by atoms with Crippen molar-refractivity contribution in [1.82, 2.24) is 9.13 Å². The molecule has 0 saturated carbocycles. The summed E-state index contributed by atoms with van der Waals surface area (Å²) in [6.07, 6.45) is 0. The number of fused-ring (bicyclic) bond motifs is 12. The Balaban J connectivity index is 0.789. The van der Waals surface area contributed by atoms with E-state index in [-0.39, 0.29) is 0 Å². The first-order valence-corrected chi connectivity index (χ1v) is 30.0. The molecule has 0 atom stereocenters. The van der Waals surface area contributed by atoms with E-state index in [1.54, 1.807) is 0 Å². The standard InChI is InChI=1S/C64H48N2Si2/c1-67(2)61-37-43(41-27-33-59-55(35-41)49-19-11-13-21-57(49)65(59)47-15-7-5-8-16-47)23-29-51(61)53-31-25-45(39-63(53)67)46-26-32-54-52-30-24-44(38-62(52)68(3,4)64(54)40-46)42-28-34-60-56(36-42)50-20-12-14-22-58(50)66(60)48-17-9-6-10-18-48/h5-40H,1-4H3. The van der Waals surface area contributed by atoms with Crippen LogP contribution in [0.25, 0.3) is 111 Å². The Kier molecular flexibility index (Phi) is 8.33. The molecule has 4 heterocycles. The van der Waals surface area contributed by atoms with Gasteiger partial charge >= 0.3 is 0 Å². The fraction of sp³-hybridized carbons (Fsp3) is 0.0625. The summed E-state index contributed by atoms with van der Waals surface area (Å²) < 4.78 is 4.80. The van der Waals surface area contributed by atoms with Crippen LogP contribution >= 0.6 is 0 Å². The highest BCUT2D eigenvalue weighted by molar-refractivity contribution is 7.04. The Labute approximate surface area is 399 Å². The Hall–Kier alpha value is -7.77. The monoisotopic (exact) mass is 900 g/mol. The predicted octanol–water partition coefficient (Wildman–Crippen LogP) is 14.5. The Morgan fingerprint density at radius 2 is 0.529 bits per heavy atom. The normalized spacial score (nSPS) is 14.1. The van der Waals surface area contributed by atoms with Crippen LogP contribution in [0.2, 0.25) is 26.2 Å². The van der Waals surface area contributed by atoms with Gasteiger partial charge in [0.2, 0.25) is 0 Å². The number of aromatic nitrogens is 2. The van der Waals surface area contributed by atoms with Crippen LogP contribution in [0, 0.1) is 0 Å². The number of hydrogen-bond donors (Lipinski definition) is 0. The van der Waals surface area contributed by atoms with E-state index >= 15 is 0 Å². The first-order valence-electron chi connectivity index (χ1n) is 24.0. The third-order valence-corrected chi connectivity index (χ3v) is 22.8. The SMILES string of the molecule is C[Si]1(C)c2cc(-c3ccc4c(c3)[Si](C)(C)c3cc(-c5ccc6c(c5)c5ccccc5n6-c5ccccc5)ccc3-4)ccc2-c2ccc(-c3ccc4c(c3)c3ccccc3n4-c3ccccc3)cc21. The molecule has 0 spiro atoms. The predicted molar refractivity (Wildman–Crippen MR) is 296 cm³/mol. The summed E-state index contributed by atoms with van der Waals surface area (Å²) in [5, 5.41) is 11.3. The van der Waals surface area contributed by atoms with Crippen LogP contribution in [0.3, 0.4) is 0 Å². The zero-order chi connectivity index (χ0) is 45.5. The van der Waals surface area contributed by atoms with Gasteiger partial charge < -0.3 is 9.13 Å². The summed E-state index contributed by atoms with van der Waals surface area (Å²) in [4.78, 5) is 0. The molecular formula is C64H48N2Si2. The minimum atomic E-state index is -2.03. The van der Waals surface area contributed by atoms with Gasteiger partial charge in [-0.3, -0.25) is 0 Å². The van der Waals surface area contributed by atoms with Crippen LogP contribution < -0.4 is 20.7 Å². The van der Waals surface area contributed by atoms with Gasteiger partial charge in [0.05, 0.1) is 22.1 Å². The first-order chi connectivity index (χ1) is 33.2. The van der Waals surface area contributed by atoms with Gasteiger partial charge in [0, 0.05) is 32.9 Å². The van der Waals surface area contributed by atoms with Crippen LogP contribution in [-0.2, 0) is 0 Å². The molecule has 14 rings (SSSR count). The van der Waals surface area contributed by atoms with Gasteiger partial charge in [-0.2, -0.15) is 0 Å². The lowest BCUT2D eigenvalue weighted by Gasteiger charge is -2.21.